The maximum absolute atomic E-state index is 12.1. The number of nitrogens with zero attached hydrogens (tertiary/aromatic N) is 5. The summed E-state index contributed by atoms with van der Waals surface area (Å²) >= 11 is 0. The summed E-state index contributed by atoms with van der Waals surface area (Å²) in [5, 5.41) is 10.8. The number of benzene rings is 1. The molecule has 1 aliphatic rings. The number of carbonyl (C=O) groups excluding carboxylic acids is 2. The molecule has 0 radical (unpaired) electrons. The third-order valence-electron chi connectivity index (χ3n) is 6.19. The number of primary amides is 1. The molecular formula is C26H32N8O4. The van der Waals surface area contributed by atoms with Crippen LogP contribution in [0.5, 0.6) is 5.75 Å². The molecule has 12 heteroatoms. The van der Waals surface area contributed by atoms with Gasteiger partial charge in [-0.1, -0.05) is 18.7 Å². The van der Waals surface area contributed by atoms with Crippen LogP contribution in [-0.2, 0) is 9.53 Å². The van der Waals surface area contributed by atoms with Gasteiger partial charge in [0, 0.05) is 32.6 Å². The maximum atomic E-state index is 12.1. The van der Waals surface area contributed by atoms with Crippen molar-refractivity contribution in [2.45, 2.75) is 25.8 Å². The van der Waals surface area contributed by atoms with Gasteiger partial charge in [0.1, 0.15) is 23.7 Å². The van der Waals surface area contributed by atoms with Crippen LogP contribution >= 0.6 is 0 Å². The molecule has 38 heavy (non-hydrogen) atoms. The number of aromatic nitrogens is 4. The lowest BCUT2D eigenvalue weighted by Gasteiger charge is -2.32. The van der Waals surface area contributed by atoms with Crippen LogP contribution in [0, 0.1) is 6.92 Å². The van der Waals surface area contributed by atoms with Crippen LogP contribution in [0.25, 0.3) is 0 Å². The number of hydrogen-bond donors (Lipinski definition) is 3. The number of piperidine rings is 1. The Hall–Kier alpha value is -4.45. The molecule has 4 N–H and O–H groups in total. The van der Waals surface area contributed by atoms with Gasteiger partial charge in [-0.2, -0.15) is 10.1 Å². The van der Waals surface area contributed by atoms with Crippen molar-refractivity contribution in [2.24, 2.45) is 5.73 Å². The van der Waals surface area contributed by atoms with Gasteiger partial charge < -0.3 is 30.7 Å². The van der Waals surface area contributed by atoms with E-state index in [4.69, 9.17) is 15.2 Å². The van der Waals surface area contributed by atoms with Gasteiger partial charge in [-0.3, -0.25) is 14.3 Å². The number of amides is 2. The number of nitrogens with two attached hydrogens (primary N) is 1. The number of anilines is 4. The maximum Gasteiger partial charge on any atom is 0.254 e. The molecule has 0 bridgehead atoms. The van der Waals surface area contributed by atoms with E-state index in [2.05, 4.69) is 32.3 Å². The summed E-state index contributed by atoms with van der Waals surface area (Å²) in [6.07, 6.45) is 8.00. The summed E-state index contributed by atoms with van der Waals surface area (Å²) in [5.41, 5.74) is 7.93. The number of nitrogens with one attached hydrogen (secondary N) is 2. The van der Waals surface area contributed by atoms with Crippen LogP contribution < -0.4 is 21.1 Å². The van der Waals surface area contributed by atoms with Crippen molar-refractivity contribution in [3.05, 3.63) is 60.6 Å². The van der Waals surface area contributed by atoms with Gasteiger partial charge in [0.15, 0.2) is 0 Å². The van der Waals surface area contributed by atoms with Crippen molar-refractivity contribution in [1.29, 1.82) is 0 Å². The number of carbonyl (C=O) groups is 2. The quantitative estimate of drug-likeness (QED) is 0.256. The van der Waals surface area contributed by atoms with Crippen molar-refractivity contribution in [3.8, 4) is 5.75 Å². The predicted molar refractivity (Wildman–Crippen MR) is 143 cm³/mol. The largest absolute Gasteiger partial charge is 0.489 e. The lowest BCUT2D eigenvalue weighted by Crippen LogP contribution is -2.39. The Morgan fingerprint density at radius 3 is 2.87 bits per heavy atom. The zero-order chi connectivity index (χ0) is 27.1. The molecule has 1 fully saturated rings. The zero-order valence-corrected chi connectivity index (χ0v) is 21.5. The molecule has 3 heterocycles. The van der Waals surface area contributed by atoms with Gasteiger partial charge in [-0.05, 0) is 37.5 Å². The summed E-state index contributed by atoms with van der Waals surface area (Å²) in [7, 11) is 1.60. The Bertz CT molecular complexity index is 1310. The number of rotatable bonds is 11. The molecule has 1 unspecified atom stereocenters. The molecule has 1 aromatic carbocycles. The molecule has 2 amide bonds. The molecule has 0 spiro atoms. The summed E-state index contributed by atoms with van der Waals surface area (Å²) in [5.74, 6) is 0.323. The first-order valence-corrected chi connectivity index (χ1v) is 12.3. The van der Waals surface area contributed by atoms with Crippen LogP contribution in [0.15, 0.2) is 49.4 Å². The predicted octanol–water partition coefficient (Wildman–Crippen LogP) is 2.94. The van der Waals surface area contributed by atoms with Crippen molar-refractivity contribution in [2.75, 3.05) is 44.0 Å². The third-order valence-corrected chi connectivity index (χ3v) is 6.19. The molecular weight excluding hydrogens is 488 g/mol. The molecule has 200 valence electrons. The molecule has 3 aromatic rings. The number of ether oxygens (including phenoxy) is 2. The normalized spacial score (nSPS) is 15.1. The molecule has 0 aliphatic carbocycles. The molecule has 0 saturated carbocycles. The van der Waals surface area contributed by atoms with Gasteiger partial charge in [-0.25, -0.2) is 4.98 Å². The highest BCUT2D eigenvalue weighted by molar-refractivity contribution is 5.98. The highest BCUT2D eigenvalue weighted by atomic mass is 16.5. The van der Waals surface area contributed by atoms with Crippen molar-refractivity contribution in [1.82, 2.24) is 24.6 Å². The second-order valence-corrected chi connectivity index (χ2v) is 8.85. The molecule has 2 aromatic heterocycles. The van der Waals surface area contributed by atoms with Gasteiger partial charge in [0.2, 0.25) is 11.9 Å². The molecule has 4 rings (SSSR count). The minimum absolute atomic E-state index is 0.0520. The fraction of sp³-hybridized carbons (Fsp3) is 0.346. The van der Waals surface area contributed by atoms with E-state index in [1.54, 1.807) is 18.2 Å². The van der Waals surface area contributed by atoms with Crippen LogP contribution in [0.1, 0.15) is 34.8 Å². The number of likely N-dealkylation sites (tertiary alicyclic amines) is 1. The summed E-state index contributed by atoms with van der Waals surface area (Å²) in [4.78, 5) is 34.7. The number of para-hydroxylation sites is 1. The average molecular weight is 521 g/mol. The Kier molecular flexibility index (Phi) is 8.54. The number of hydrogen-bond acceptors (Lipinski definition) is 9. The van der Waals surface area contributed by atoms with E-state index in [0.717, 1.165) is 18.4 Å². The SMILES string of the molecule is C=CC(=O)N1CCCC(n2cc(Nc3ncc(C(N)=O)c(Nc4c(C)cccc4OCCOC)n3)cn2)C1. The summed E-state index contributed by atoms with van der Waals surface area (Å²) < 4.78 is 12.7. The van der Waals surface area contributed by atoms with Crippen molar-refractivity contribution < 1.29 is 19.1 Å². The smallest absolute Gasteiger partial charge is 0.254 e. The molecule has 1 atom stereocenters. The van der Waals surface area contributed by atoms with Crippen LogP contribution in [-0.4, -0.2) is 69.9 Å². The summed E-state index contributed by atoms with van der Waals surface area (Å²) in [6, 6.07) is 5.66. The van der Waals surface area contributed by atoms with Gasteiger partial charge >= 0.3 is 0 Å². The lowest BCUT2D eigenvalue weighted by molar-refractivity contribution is -0.127. The Balaban J connectivity index is 1.54. The standard InChI is InChI=1S/C26H32N8O4/c1-4-22(35)33-10-6-8-19(16-33)34-15-18(13-29-34)30-26-28-14-20(24(27)36)25(32-26)31-23-17(2)7-5-9-21(23)38-12-11-37-3/h4-5,7,9,13-15,19H,1,6,8,10-12,16H2,2-3H3,(H2,27,36)(H2,28,30,31,32). The van der Waals surface area contributed by atoms with Crippen LogP contribution in [0.4, 0.5) is 23.1 Å². The molecule has 1 saturated heterocycles. The topological polar surface area (TPSA) is 150 Å². The van der Waals surface area contributed by atoms with E-state index in [1.807, 2.05) is 36.0 Å². The fourth-order valence-corrected chi connectivity index (χ4v) is 4.22. The second-order valence-electron chi connectivity index (χ2n) is 8.85. The van der Waals surface area contributed by atoms with E-state index in [-0.39, 0.29) is 29.3 Å². The highest BCUT2D eigenvalue weighted by Crippen LogP contribution is 2.32. The average Bonchev–Trinajstić information content (AvgIpc) is 3.38. The Morgan fingerprint density at radius 2 is 2.11 bits per heavy atom. The summed E-state index contributed by atoms with van der Waals surface area (Å²) in [6.45, 7) is 7.56. The monoisotopic (exact) mass is 520 g/mol. The van der Waals surface area contributed by atoms with E-state index in [1.165, 1.54) is 12.3 Å². The minimum atomic E-state index is -0.668. The zero-order valence-electron chi connectivity index (χ0n) is 21.5. The first-order valence-electron chi connectivity index (χ1n) is 12.3. The van der Waals surface area contributed by atoms with E-state index < -0.39 is 5.91 Å². The number of aryl methyl sites for hydroxylation is 1. The van der Waals surface area contributed by atoms with Crippen LogP contribution in [0.2, 0.25) is 0 Å². The second kappa shape index (κ2) is 12.2. The van der Waals surface area contributed by atoms with Gasteiger partial charge in [0.25, 0.3) is 5.91 Å². The molecule has 12 nitrogen and oxygen atoms in total. The Labute approximate surface area is 220 Å². The van der Waals surface area contributed by atoms with E-state index in [0.29, 0.717) is 43.4 Å². The fourth-order valence-electron chi connectivity index (χ4n) is 4.22. The van der Waals surface area contributed by atoms with Gasteiger partial charge in [-0.15, -0.1) is 0 Å². The first kappa shape index (κ1) is 26.6. The van der Waals surface area contributed by atoms with Crippen molar-refractivity contribution in [3.63, 3.8) is 0 Å². The van der Waals surface area contributed by atoms with E-state index in [9.17, 15) is 9.59 Å². The van der Waals surface area contributed by atoms with E-state index >= 15 is 0 Å². The van der Waals surface area contributed by atoms with Gasteiger partial charge in [0.05, 0.1) is 30.2 Å². The highest BCUT2D eigenvalue weighted by Gasteiger charge is 2.24. The third kappa shape index (κ3) is 6.27. The van der Waals surface area contributed by atoms with Crippen LogP contribution in [0.3, 0.4) is 0 Å². The van der Waals surface area contributed by atoms with Crippen molar-refractivity contribution >= 4 is 35.0 Å². The Morgan fingerprint density at radius 1 is 1.26 bits per heavy atom. The lowest BCUT2D eigenvalue weighted by atomic mass is 10.1. The number of methoxy groups -OCH3 is 1. The molecule has 1 aliphatic heterocycles. The minimum Gasteiger partial charge on any atom is -0.489 e. The first-order chi connectivity index (χ1) is 18.4.